The topological polar surface area (TPSA) is 44.7 Å². The standard InChI is InChI=1S/C11H24N2O2/c1-2-4-12-11(10-14)3-5-13-6-8-15-9-7-13/h11-12,14H,2-10H2,1H3. The molecule has 0 aromatic rings. The van der Waals surface area contributed by atoms with Crippen LogP contribution in [0.1, 0.15) is 19.8 Å². The molecule has 1 rings (SSSR count). The van der Waals surface area contributed by atoms with Crippen LogP contribution in [0.5, 0.6) is 0 Å². The van der Waals surface area contributed by atoms with Crippen LogP contribution in [0.4, 0.5) is 0 Å². The molecule has 1 heterocycles. The summed E-state index contributed by atoms with van der Waals surface area (Å²) >= 11 is 0. The minimum Gasteiger partial charge on any atom is -0.395 e. The van der Waals surface area contributed by atoms with Crippen LogP contribution in [0.3, 0.4) is 0 Å². The van der Waals surface area contributed by atoms with E-state index in [2.05, 4.69) is 17.1 Å². The van der Waals surface area contributed by atoms with E-state index in [-0.39, 0.29) is 12.6 Å². The Bertz CT molecular complexity index is 150. The zero-order valence-electron chi connectivity index (χ0n) is 9.74. The predicted octanol–water partition coefficient (Wildman–Crippen LogP) is 0.0692. The number of nitrogens with one attached hydrogen (secondary N) is 1. The molecule has 1 fully saturated rings. The summed E-state index contributed by atoms with van der Waals surface area (Å²) in [6.07, 6.45) is 2.14. The quantitative estimate of drug-likeness (QED) is 0.632. The highest BCUT2D eigenvalue weighted by atomic mass is 16.5. The summed E-state index contributed by atoms with van der Waals surface area (Å²) in [6, 6.07) is 0.257. The van der Waals surface area contributed by atoms with E-state index in [9.17, 15) is 5.11 Å². The van der Waals surface area contributed by atoms with Crippen molar-refractivity contribution in [2.45, 2.75) is 25.8 Å². The fourth-order valence-electron chi connectivity index (χ4n) is 1.77. The first-order chi connectivity index (χ1) is 7.36. The molecule has 0 aromatic heterocycles. The molecule has 1 aliphatic rings. The molecule has 1 unspecified atom stereocenters. The van der Waals surface area contributed by atoms with Gasteiger partial charge in [-0.1, -0.05) is 6.92 Å². The van der Waals surface area contributed by atoms with E-state index >= 15 is 0 Å². The van der Waals surface area contributed by atoms with Gasteiger partial charge in [-0.15, -0.1) is 0 Å². The van der Waals surface area contributed by atoms with Crippen LogP contribution >= 0.6 is 0 Å². The number of hydrogen-bond donors (Lipinski definition) is 2. The lowest BCUT2D eigenvalue weighted by molar-refractivity contribution is 0.0351. The van der Waals surface area contributed by atoms with Gasteiger partial charge in [0.2, 0.25) is 0 Å². The van der Waals surface area contributed by atoms with Gasteiger partial charge in [-0.25, -0.2) is 0 Å². The molecule has 1 saturated heterocycles. The lowest BCUT2D eigenvalue weighted by atomic mass is 10.2. The molecule has 0 aliphatic carbocycles. The van der Waals surface area contributed by atoms with E-state index in [1.165, 1.54) is 0 Å². The Morgan fingerprint density at radius 2 is 2.13 bits per heavy atom. The monoisotopic (exact) mass is 216 g/mol. The largest absolute Gasteiger partial charge is 0.395 e. The molecular formula is C11H24N2O2. The Morgan fingerprint density at radius 1 is 1.40 bits per heavy atom. The fourth-order valence-corrected chi connectivity index (χ4v) is 1.77. The first kappa shape index (κ1) is 12.9. The van der Waals surface area contributed by atoms with Gasteiger partial charge < -0.3 is 15.2 Å². The third-order valence-electron chi connectivity index (χ3n) is 2.80. The first-order valence-electron chi connectivity index (χ1n) is 6.01. The Kier molecular flexibility index (Phi) is 6.92. The molecule has 90 valence electrons. The third kappa shape index (κ3) is 5.47. The highest BCUT2D eigenvalue weighted by molar-refractivity contribution is 4.69. The van der Waals surface area contributed by atoms with Gasteiger partial charge in [0.05, 0.1) is 19.8 Å². The molecule has 1 aliphatic heterocycles. The van der Waals surface area contributed by atoms with Gasteiger partial charge in [0.15, 0.2) is 0 Å². The zero-order chi connectivity index (χ0) is 10.9. The van der Waals surface area contributed by atoms with Gasteiger partial charge in [0.1, 0.15) is 0 Å². The second-order valence-corrected chi connectivity index (χ2v) is 4.08. The number of nitrogens with zero attached hydrogens (tertiary/aromatic N) is 1. The number of hydrogen-bond acceptors (Lipinski definition) is 4. The summed E-state index contributed by atoms with van der Waals surface area (Å²) in [5.41, 5.74) is 0. The molecule has 0 saturated carbocycles. The number of aliphatic hydroxyl groups excluding tert-OH is 1. The minimum absolute atomic E-state index is 0.240. The highest BCUT2D eigenvalue weighted by Crippen LogP contribution is 2.00. The van der Waals surface area contributed by atoms with E-state index < -0.39 is 0 Å². The first-order valence-corrected chi connectivity index (χ1v) is 6.01. The zero-order valence-corrected chi connectivity index (χ0v) is 9.74. The smallest absolute Gasteiger partial charge is 0.0594 e. The van der Waals surface area contributed by atoms with Crippen LogP contribution in [0.2, 0.25) is 0 Å². The number of aliphatic hydroxyl groups is 1. The van der Waals surface area contributed by atoms with Gasteiger partial charge in [0, 0.05) is 19.1 Å². The van der Waals surface area contributed by atoms with Crippen molar-refractivity contribution in [3.8, 4) is 0 Å². The SMILES string of the molecule is CCCNC(CO)CCN1CCOCC1. The number of rotatable bonds is 7. The summed E-state index contributed by atoms with van der Waals surface area (Å²) in [5, 5.41) is 12.5. The van der Waals surface area contributed by atoms with Crippen molar-refractivity contribution >= 4 is 0 Å². The Labute approximate surface area is 92.6 Å². The van der Waals surface area contributed by atoms with Crippen molar-refractivity contribution in [1.29, 1.82) is 0 Å². The molecule has 0 radical (unpaired) electrons. The fraction of sp³-hybridized carbons (Fsp3) is 1.00. The molecule has 1 atom stereocenters. The molecule has 2 N–H and O–H groups in total. The molecular weight excluding hydrogens is 192 g/mol. The van der Waals surface area contributed by atoms with Crippen molar-refractivity contribution < 1.29 is 9.84 Å². The van der Waals surface area contributed by atoms with Crippen LogP contribution < -0.4 is 5.32 Å². The summed E-state index contributed by atoms with van der Waals surface area (Å²) < 4.78 is 5.29. The Morgan fingerprint density at radius 3 is 2.73 bits per heavy atom. The summed E-state index contributed by atoms with van der Waals surface area (Å²) in [6.45, 7) is 8.21. The molecule has 0 amide bonds. The summed E-state index contributed by atoms with van der Waals surface area (Å²) in [4.78, 5) is 2.40. The van der Waals surface area contributed by atoms with Crippen LogP contribution in [-0.2, 0) is 4.74 Å². The lowest BCUT2D eigenvalue weighted by Crippen LogP contribution is -2.41. The molecule has 0 aromatic carbocycles. The average molecular weight is 216 g/mol. The maximum Gasteiger partial charge on any atom is 0.0594 e. The lowest BCUT2D eigenvalue weighted by Gasteiger charge is -2.28. The van der Waals surface area contributed by atoms with Crippen LogP contribution in [0.25, 0.3) is 0 Å². The van der Waals surface area contributed by atoms with Crippen molar-refractivity contribution in [3.05, 3.63) is 0 Å². The second-order valence-electron chi connectivity index (χ2n) is 4.08. The Balaban J connectivity index is 2.09. The van der Waals surface area contributed by atoms with Gasteiger partial charge in [0.25, 0.3) is 0 Å². The number of morpholine rings is 1. The summed E-state index contributed by atoms with van der Waals surface area (Å²) in [5.74, 6) is 0. The van der Waals surface area contributed by atoms with Gasteiger partial charge >= 0.3 is 0 Å². The van der Waals surface area contributed by atoms with E-state index in [1.54, 1.807) is 0 Å². The van der Waals surface area contributed by atoms with Crippen LogP contribution in [-0.4, -0.2) is 62.0 Å². The van der Waals surface area contributed by atoms with E-state index in [1.807, 2.05) is 0 Å². The highest BCUT2D eigenvalue weighted by Gasteiger charge is 2.12. The molecule has 4 heteroatoms. The average Bonchev–Trinajstić information content (AvgIpc) is 2.31. The van der Waals surface area contributed by atoms with E-state index in [0.29, 0.717) is 0 Å². The van der Waals surface area contributed by atoms with Gasteiger partial charge in [-0.05, 0) is 25.9 Å². The third-order valence-corrected chi connectivity index (χ3v) is 2.80. The van der Waals surface area contributed by atoms with Gasteiger partial charge in [-0.2, -0.15) is 0 Å². The van der Waals surface area contributed by atoms with Crippen molar-refractivity contribution in [1.82, 2.24) is 10.2 Å². The molecule has 0 spiro atoms. The molecule has 0 bridgehead atoms. The summed E-state index contributed by atoms with van der Waals surface area (Å²) in [7, 11) is 0. The van der Waals surface area contributed by atoms with Gasteiger partial charge in [-0.3, -0.25) is 4.90 Å². The molecule has 15 heavy (non-hydrogen) atoms. The minimum atomic E-state index is 0.240. The normalized spacial score (nSPS) is 20.4. The van der Waals surface area contributed by atoms with E-state index in [0.717, 1.165) is 52.2 Å². The molecule has 4 nitrogen and oxygen atoms in total. The van der Waals surface area contributed by atoms with Crippen molar-refractivity contribution in [3.63, 3.8) is 0 Å². The van der Waals surface area contributed by atoms with Crippen molar-refractivity contribution in [2.24, 2.45) is 0 Å². The maximum absolute atomic E-state index is 9.18. The van der Waals surface area contributed by atoms with Crippen molar-refractivity contribution in [2.75, 3.05) is 46.0 Å². The second kappa shape index (κ2) is 8.05. The predicted molar refractivity (Wildman–Crippen MR) is 61.0 cm³/mol. The maximum atomic E-state index is 9.18. The van der Waals surface area contributed by atoms with Crippen LogP contribution in [0.15, 0.2) is 0 Å². The van der Waals surface area contributed by atoms with E-state index in [4.69, 9.17) is 4.74 Å². The van der Waals surface area contributed by atoms with Crippen LogP contribution in [0, 0.1) is 0 Å². The number of ether oxygens (including phenoxy) is 1. The Hall–Kier alpha value is -0.160.